The third-order valence-corrected chi connectivity index (χ3v) is 4.73. The Balaban J connectivity index is 2.00. The summed E-state index contributed by atoms with van der Waals surface area (Å²) < 4.78 is 5.61. The van der Waals surface area contributed by atoms with Gasteiger partial charge in [0.25, 0.3) is 0 Å². The molecule has 0 unspecified atom stereocenters. The van der Waals surface area contributed by atoms with Crippen LogP contribution in [0.15, 0.2) is 54.9 Å². The molecule has 4 nitrogen and oxygen atoms in total. The standard InChI is InChI=1S/C21H15N3O/c1-12-3-5-13(6-4-12)20-14-7-9-16-19-17(23-11-22-16)10-8-15(18(14)19)21(24-20)25-2/h3-11H,1-2H3. The van der Waals surface area contributed by atoms with Gasteiger partial charge in [0.15, 0.2) is 0 Å². The Morgan fingerprint density at radius 3 is 2.12 bits per heavy atom. The number of pyridine rings is 1. The molecule has 0 N–H and O–H groups in total. The molecule has 0 radical (unpaired) electrons. The third kappa shape index (κ3) is 1.97. The van der Waals surface area contributed by atoms with Crippen LogP contribution in [0, 0.1) is 6.92 Å². The molecule has 0 atom stereocenters. The van der Waals surface area contributed by atoms with Gasteiger partial charge in [-0.3, -0.25) is 0 Å². The molecule has 120 valence electrons. The number of hydrogen-bond donors (Lipinski definition) is 0. The first-order chi connectivity index (χ1) is 12.3. The van der Waals surface area contributed by atoms with E-state index in [9.17, 15) is 0 Å². The molecule has 0 aliphatic rings. The van der Waals surface area contributed by atoms with E-state index < -0.39 is 0 Å². The van der Waals surface area contributed by atoms with Crippen molar-refractivity contribution >= 4 is 32.6 Å². The van der Waals surface area contributed by atoms with Gasteiger partial charge in [0.05, 0.1) is 23.8 Å². The van der Waals surface area contributed by atoms with Crippen LogP contribution in [0.1, 0.15) is 5.56 Å². The maximum atomic E-state index is 5.61. The van der Waals surface area contributed by atoms with E-state index in [1.807, 2.05) is 18.2 Å². The van der Waals surface area contributed by atoms with Gasteiger partial charge in [0, 0.05) is 27.1 Å². The van der Waals surface area contributed by atoms with E-state index in [0.29, 0.717) is 5.88 Å². The van der Waals surface area contributed by atoms with Crippen molar-refractivity contribution < 1.29 is 4.74 Å². The molecule has 2 aromatic heterocycles. The normalized spacial score (nSPS) is 11.6. The second-order valence-electron chi connectivity index (χ2n) is 6.22. The molecule has 2 heterocycles. The Morgan fingerprint density at radius 2 is 1.44 bits per heavy atom. The summed E-state index contributed by atoms with van der Waals surface area (Å²) >= 11 is 0. The van der Waals surface area contributed by atoms with Gasteiger partial charge in [-0.15, -0.1) is 0 Å². The Hall–Kier alpha value is -3.27. The van der Waals surface area contributed by atoms with Gasteiger partial charge in [-0.1, -0.05) is 29.8 Å². The summed E-state index contributed by atoms with van der Waals surface area (Å²) in [5, 5.41) is 4.25. The van der Waals surface area contributed by atoms with Crippen molar-refractivity contribution in [3.63, 3.8) is 0 Å². The zero-order valence-corrected chi connectivity index (χ0v) is 13.9. The van der Waals surface area contributed by atoms with E-state index in [0.717, 1.165) is 43.8 Å². The number of hydrogen-bond acceptors (Lipinski definition) is 4. The number of nitrogens with zero attached hydrogens (tertiary/aromatic N) is 3. The fourth-order valence-corrected chi connectivity index (χ4v) is 3.51. The molecule has 4 heteroatoms. The van der Waals surface area contributed by atoms with E-state index in [1.54, 1.807) is 13.4 Å². The van der Waals surface area contributed by atoms with Gasteiger partial charge >= 0.3 is 0 Å². The summed E-state index contributed by atoms with van der Waals surface area (Å²) in [6.07, 6.45) is 1.61. The predicted molar refractivity (Wildman–Crippen MR) is 100 cm³/mol. The van der Waals surface area contributed by atoms with Crippen LogP contribution in [0.5, 0.6) is 5.88 Å². The number of aromatic nitrogens is 3. The number of benzene rings is 3. The van der Waals surface area contributed by atoms with Crippen LogP contribution >= 0.6 is 0 Å². The van der Waals surface area contributed by atoms with E-state index in [-0.39, 0.29) is 0 Å². The highest BCUT2D eigenvalue weighted by Crippen LogP contribution is 2.40. The van der Waals surface area contributed by atoms with Crippen molar-refractivity contribution in [3.05, 3.63) is 60.4 Å². The SMILES string of the molecule is COc1nc(-c2ccc(C)cc2)c2ccc3ncnc4ccc1c2c43. The topological polar surface area (TPSA) is 47.9 Å². The fourth-order valence-electron chi connectivity index (χ4n) is 3.51. The molecule has 5 rings (SSSR count). The first-order valence-corrected chi connectivity index (χ1v) is 8.17. The molecule has 0 saturated heterocycles. The van der Waals surface area contributed by atoms with Gasteiger partial charge in [-0.05, 0) is 31.2 Å². The lowest BCUT2D eigenvalue weighted by atomic mass is 9.96. The lowest BCUT2D eigenvalue weighted by molar-refractivity contribution is 0.404. The second-order valence-corrected chi connectivity index (χ2v) is 6.22. The average Bonchev–Trinajstić information content (AvgIpc) is 2.66. The molecule has 0 aliphatic heterocycles. The minimum absolute atomic E-state index is 0.626. The van der Waals surface area contributed by atoms with Crippen LogP contribution in [0.25, 0.3) is 43.8 Å². The molecule has 0 spiro atoms. The number of aryl methyl sites for hydroxylation is 1. The van der Waals surface area contributed by atoms with Gasteiger partial charge in [0.2, 0.25) is 5.88 Å². The lowest BCUT2D eigenvalue weighted by Crippen LogP contribution is -1.97. The molecule has 0 bridgehead atoms. The van der Waals surface area contributed by atoms with Gasteiger partial charge in [0.1, 0.15) is 6.33 Å². The zero-order chi connectivity index (χ0) is 17.0. The molecule has 25 heavy (non-hydrogen) atoms. The van der Waals surface area contributed by atoms with Gasteiger partial charge in [-0.2, -0.15) is 0 Å². The molecular weight excluding hydrogens is 310 g/mol. The first-order valence-electron chi connectivity index (χ1n) is 8.17. The molecule has 0 fully saturated rings. The maximum absolute atomic E-state index is 5.61. The molecular formula is C21H15N3O. The Morgan fingerprint density at radius 1 is 0.760 bits per heavy atom. The van der Waals surface area contributed by atoms with Crippen molar-refractivity contribution in [3.8, 4) is 17.1 Å². The highest BCUT2D eigenvalue weighted by Gasteiger charge is 2.17. The van der Waals surface area contributed by atoms with Crippen LogP contribution in [0.4, 0.5) is 0 Å². The first kappa shape index (κ1) is 14.1. The van der Waals surface area contributed by atoms with Crippen molar-refractivity contribution in [2.45, 2.75) is 6.92 Å². The van der Waals surface area contributed by atoms with E-state index in [2.05, 4.69) is 47.2 Å². The van der Waals surface area contributed by atoms with E-state index in [4.69, 9.17) is 9.72 Å². The van der Waals surface area contributed by atoms with Crippen LogP contribution in [0.2, 0.25) is 0 Å². The quantitative estimate of drug-likeness (QED) is 0.439. The Kier molecular flexibility index (Phi) is 2.88. The summed E-state index contributed by atoms with van der Waals surface area (Å²) in [6.45, 7) is 2.08. The highest BCUT2D eigenvalue weighted by atomic mass is 16.5. The van der Waals surface area contributed by atoms with Crippen LogP contribution in [-0.4, -0.2) is 22.1 Å². The summed E-state index contributed by atoms with van der Waals surface area (Å²) in [4.78, 5) is 13.7. The van der Waals surface area contributed by atoms with E-state index >= 15 is 0 Å². The largest absolute Gasteiger partial charge is 0.481 e. The van der Waals surface area contributed by atoms with Crippen molar-refractivity contribution in [2.75, 3.05) is 7.11 Å². The Bertz CT molecular complexity index is 1210. The number of rotatable bonds is 2. The summed E-state index contributed by atoms with van der Waals surface area (Å²) in [6, 6.07) is 16.6. The highest BCUT2D eigenvalue weighted by molar-refractivity contribution is 6.24. The molecule has 0 saturated carbocycles. The molecule has 5 aromatic rings. The van der Waals surface area contributed by atoms with E-state index in [1.165, 1.54) is 5.56 Å². The van der Waals surface area contributed by atoms with Crippen molar-refractivity contribution in [1.29, 1.82) is 0 Å². The molecule has 3 aromatic carbocycles. The van der Waals surface area contributed by atoms with Crippen LogP contribution in [-0.2, 0) is 0 Å². The number of ether oxygens (including phenoxy) is 1. The van der Waals surface area contributed by atoms with Gasteiger partial charge in [-0.25, -0.2) is 15.0 Å². The second kappa shape index (κ2) is 5.11. The van der Waals surface area contributed by atoms with Gasteiger partial charge < -0.3 is 4.74 Å². The predicted octanol–water partition coefficient (Wildman–Crippen LogP) is 4.75. The molecule has 0 aliphatic carbocycles. The zero-order valence-electron chi connectivity index (χ0n) is 13.9. The minimum Gasteiger partial charge on any atom is -0.481 e. The summed E-state index contributed by atoms with van der Waals surface area (Å²) in [5.74, 6) is 0.626. The maximum Gasteiger partial charge on any atom is 0.221 e. The van der Waals surface area contributed by atoms with Crippen molar-refractivity contribution in [2.24, 2.45) is 0 Å². The van der Waals surface area contributed by atoms with Crippen LogP contribution < -0.4 is 4.74 Å². The monoisotopic (exact) mass is 325 g/mol. The molecule has 0 amide bonds. The number of methoxy groups -OCH3 is 1. The third-order valence-electron chi connectivity index (χ3n) is 4.73. The average molecular weight is 325 g/mol. The Labute approximate surface area is 144 Å². The summed E-state index contributed by atoms with van der Waals surface area (Å²) in [7, 11) is 1.66. The van der Waals surface area contributed by atoms with Crippen LogP contribution in [0.3, 0.4) is 0 Å². The fraction of sp³-hybridized carbons (Fsp3) is 0.0952. The smallest absolute Gasteiger partial charge is 0.221 e. The minimum atomic E-state index is 0.626. The summed E-state index contributed by atoms with van der Waals surface area (Å²) in [5.41, 5.74) is 5.09. The van der Waals surface area contributed by atoms with Crippen molar-refractivity contribution in [1.82, 2.24) is 15.0 Å². The lowest BCUT2D eigenvalue weighted by Gasteiger charge is -2.15.